The van der Waals surface area contributed by atoms with Gasteiger partial charge >= 0.3 is 39.5 Å². The van der Waals surface area contributed by atoms with Gasteiger partial charge < -0.3 is 33.8 Å². The summed E-state index contributed by atoms with van der Waals surface area (Å²) >= 11 is 0. The van der Waals surface area contributed by atoms with Gasteiger partial charge in [0.15, 0.2) is 12.2 Å². The van der Waals surface area contributed by atoms with Crippen LogP contribution in [0.2, 0.25) is 0 Å². The first kappa shape index (κ1) is 69.1. The summed E-state index contributed by atoms with van der Waals surface area (Å²) in [5.74, 6) is -1.37. The van der Waals surface area contributed by atoms with Gasteiger partial charge in [0.25, 0.3) is 0 Å². The van der Waals surface area contributed by atoms with E-state index < -0.39 is 97.5 Å². The molecular formula is C52H100O17P2. The van der Waals surface area contributed by atoms with E-state index in [2.05, 4.69) is 34.6 Å². The SMILES string of the molecule is CCCCCCCCCC(=O)OC[C@H](COP(=O)(O)OC[C@@H](O)COP(=O)(O)OC[C@@H](COC(=O)CCCCCCC)OC(=O)CCCCCCC)OC(=O)CCCCCCCCCCCCC(C)CC. The number of phosphoric ester groups is 2. The van der Waals surface area contributed by atoms with Crippen LogP contribution in [0.5, 0.6) is 0 Å². The third-order valence-corrected chi connectivity index (χ3v) is 14.0. The molecule has 0 aliphatic carbocycles. The van der Waals surface area contributed by atoms with Crippen LogP contribution >= 0.6 is 15.6 Å². The molecule has 0 aromatic heterocycles. The fourth-order valence-corrected chi connectivity index (χ4v) is 9.01. The van der Waals surface area contributed by atoms with Crippen LogP contribution in [0, 0.1) is 5.92 Å². The number of hydrogen-bond donors (Lipinski definition) is 3. The van der Waals surface area contributed by atoms with E-state index in [0.29, 0.717) is 25.7 Å². The van der Waals surface area contributed by atoms with Crippen molar-refractivity contribution in [3.63, 3.8) is 0 Å². The molecule has 0 saturated heterocycles. The van der Waals surface area contributed by atoms with Crippen LogP contribution in [0.15, 0.2) is 0 Å². The van der Waals surface area contributed by atoms with Gasteiger partial charge in [-0.3, -0.25) is 37.3 Å². The van der Waals surface area contributed by atoms with E-state index in [9.17, 15) is 43.2 Å². The van der Waals surface area contributed by atoms with E-state index in [1.807, 2.05) is 0 Å². The molecule has 0 amide bonds. The van der Waals surface area contributed by atoms with Crippen LogP contribution in [-0.2, 0) is 65.4 Å². The minimum absolute atomic E-state index is 0.0985. The lowest BCUT2D eigenvalue weighted by molar-refractivity contribution is -0.161. The summed E-state index contributed by atoms with van der Waals surface area (Å²) in [6.07, 6.45) is 26.0. The summed E-state index contributed by atoms with van der Waals surface area (Å²) in [6, 6.07) is 0. The van der Waals surface area contributed by atoms with Crippen LogP contribution in [-0.4, -0.2) is 96.7 Å². The molecule has 3 N–H and O–H groups in total. The zero-order valence-electron chi connectivity index (χ0n) is 44.8. The Bertz CT molecular complexity index is 1420. The highest BCUT2D eigenvalue weighted by atomic mass is 31.2. The standard InChI is InChI=1S/C52H100O17P2/c1-6-10-13-16-21-27-31-36-50(55)63-42-48(69-52(57)38-33-28-23-20-18-17-19-22-26-29-34-45(5)9-4)44-67-71(60,61)65-40-46(53)39-64-70(58,59)66-43-47(68-51(56)37-32-25-15-12-8-3)41-62-49(54)35-30-24-14-11-7-2/h45-48,53H,6-44H2,1-5H3,(H,58,59)(H,60,61)/t45?,46-,47+,48+/m0/s1. The van der Waals surface area contributed by atoms with Crippen molar-refractivity contribution in [2.45, 2.75) is 265 Å². The number of rotatable bonds is 52. The fraction of sp³-hybridized carbons (Fsp3) is 0.923. The normalized spacial score (nSPS) is 15.0. The van der Waals surface area contributed by atoms with E-state index >= 15 is 0 Å². The highest BCUT2D eigenvalue weighted by Gasteiger charge is 2.30. The second kappa shape index (κ2) is 46.6. The van der Waals surface area contributed by atoms with Gasteiger partial charge in [-0.2, -0.15) is 0 Å². The molecule has 0 rings (SSSR count). The highest BCUT2D eigenvalue weighted by Crippen LogP contribution is 2.45. The zero-order chi connectivity index (χ0) is 52.9. The Kier molecular flexibility index (Phi) is 45.3. The fourth-order valence-electron chi connectivity index (χ4n) is 7.43. The summed E-state index contributed by atoms with van der Waals surface area (Å²) < 4.78 is 67.0. The molecule has 0 radical (unpaired) electrons. The maximum absolute atomic E-state index is 12.8. The molecule has 420 valence electrons. The molecule has 0 spiro atoms. The van der Waals surface area contributed by atoms with Crippen molar-refractivity contribution in [3.05, 3.63) is 0 Å². The number of esters is 4. The summed E-state index contributed by atoms with van der Waals surface area (Å²) in [5, 5.41) is 10.4. The molecule has 0 aromatic rings. The predicted octanol–water partition coefficient (Wildman–Crippen LogP) is 13.1. The van der Waals surface area contributed by atoms with Crippen molar-refractivity contribution >= 4 is 39.5 Å². The minimum Gasteiger partial charge on any atom is -0.462 e. The molecule has 6 atom stereocenters. The second-order valence-corrected chi connectivity index (χ2v) is 22.1. The van der Waals surface area contributed by atoms with Gasteiger partial charge in [0.05, 0.1) is 26.4 Å². The molecule has 0 aliphatic heterocycles. The third kappa shape index (κ3) is 46.3. The van der Waals surface area contributed by atoms with E-state index in [4.69, 9.17) is 37.0 Å². The number of aliphatic hydroxyl groups excluding tert-OH is 1. The molecule has 0 aliphatic rings. The maximum Gasteiger partial charge on any atom is 0.472 e. The number of aliphatic hydroxyl groups is 1. The number of hydrogen-bond acceptors (Lipinski definition) is 15. The summed E-state index contributed by atoms with van der Waals surface area (Å²) in [5.41, 5.74) is 0. The van der Waals surface area contributed by atoms with Crippen molar-refractivity contribution in [1.29, 1.82) is 0 Å². The molecule has 0 aromatic carbocycles. The topological polar surface area (TPSA) is 237 Å². The first-order chi connectivity index (χ1) is 34.1. The van der Waals surface area contributed by atoms with Crippen molar-refractivity contribution in [2.75, 3.05) is 39.6 Å². The molecule has 0 bridgehead atoms. The monoisotopic (exact) mass is 1060 g/mol. The first-order valence-electron chi connectivity index (χ1n) is 27.7. The molecule has 3 unspecified atom stereocenters. The smallest absolute Gasteiger partial charge is 0.462 e. The summed E-state index contributed by atoms with van der Waals surface area (Å²) in [4.78, 5) is 71.0. The number of unbranched alkanes of at least 4 members (excludes halogenated alkanes) is 23. The van der Waals surface area contributed by atoms with Gasteiger partial charge in [-0.1, -0.05) is 195 Å². The Morgan fingerprint density at radius 2 is 0.676 bits per heavy atom. The van der Waals surface area contributed by atoms with Crippen LogP contribution < -0.4 is 0 Å². The Balaban J connectivity index is 5.11. The van der Waals surface area contributed by atoms with Crippen LogP contribution in [0.4, 0.5) is 0 Å². The van der Waals surface area contributed by atoms with Crippen LogP contribution in [0.25, 0.3) is 0 Å². The highest BCUT2D eigenvalue weighted by molar-refractivity contribution is 7.47. The van der Waals surface area contributed by atoms with Gasteiger partial charge in [0.2, 0.25) is 0 Å². The Morgan fingerprint density at radius 3 is 1.00 bits per heavy atom. The van der Waals surface area contributed by atoms with Gasteiger partial charge in [-0.05, 0) is 31.6 Å². The first-order valence-corrected chi connectivity index (χ1v) is 30.7. The second-order valence-electron chi connectivity index (χ2n) is 19.2. The largest absolute Gasteiger partial charge is 0.472 e. The summed E-state index contributed by atoms with van der Waals surface area (Å²) in [7, 11) is -9.84. The minimum atomic E-state index is -4.93. The van der Waals surface area contributed by atoms with Gasteiger partial charge in [-0.25, -0.2) is 9.13 Å². The predicted molar refractivity (Wildman–Crippen MR) is 275 cm³/mol. The van der Waals surface area contributed by atoms with E-state index in [-0.39, 0.29) is 25.7 Å². The molecular weight excluding hydrogens is 959 g/mol. The van der Waals surface area contributed by atoms with Crippen molar-refractivity contribution in [1.82, 2.24) is 0 Å². The molecule has 0 saturated carbocycles. The lowest BCUT2D eigenvalue weighted by Crippen LogP contribution is -2.30. The van der Waals surface area contributed by atoms with E-state index in [0.717, 1.165) is 115 Å². The summed E-state index contributed by atoms with van der Waals surface area (Å²) in [6.45, 7) is 6.90. The van der Waals surface area contributed by atoms with Gasteiger partial charge in [-0.15, -0.1) is 0 Å². The van der Waals surface area contributed by atoms with Crippen molar-refractivity contribution in [2.24, 2.45) is 5.92 Å². The van der Waals surface area contributed by atoms with Gasteiger partial charge in [0, 0.05) is 25.7 Å². The number of carbonyl (C=O) groups excluding carboxylic acids is 4. The zero-order valence-corrected chi connectivity index (χ0v) is 46.6. The molecule has 0 heterocycles. The Hall–Kier alpha value is -1.94. The van der Waals surface area contributed by atoms with E-state index in [1.165, 1.54) is 51.4 Å². The Labute approximate surface area is 428 Å². The third-order valence-electron chi connectivity index (χ3n) is 12.1. The number of phosphoric acid groups is 2. The van der Waals surface area contributed by atoms with Crippen LogP contribution in [0.3, 0.4) is 0 Å². The molecule has 17 nitrogen and oxygen atoms in total. The molecule has 19 heteroatoms. The molecule has 0 fully saturated rings. The lowest BCUT2D eigenvalue weighted by atomic mass is 9.99. The molecule has 71 heavy (non-hydrogen) atoms. The average Bonchev–Trinajstić information content (AvgIpc) is 3.34. The van der Waals surface area contributed by atoms with Gasteiger partial charge in [0.1, 0.15) is 19.3 Å². The van der Waals surface area contributed by atoms with E-state index in [1.54, 1.807) is 0 Å². The average molecular weight is 1060 g/mol. The van der Waals surface area contributed by atoms with Crippen molar-refractivity contribution in [3.8, 4) is 0 Å². The quantitative estimate of drug-likeness (QED) is 0.0222. The number of ether oxygens (including phenoxy) is 4. The lowest BCUT2D eigenvalue weighted by Gasteiger charge is -2.21. The number of carbonyl (C=O) groups is 4. The van der Waals surface area contributed by atoms with Crippen molar-refractivity contribution < 1.29 is 80.2 Å². The van der Waals surface area contributed by atoms with Crippen LogP contribution in [0.1, 0.15) is 247 Å². The maximum atomic E-state index is 12.8. The Morgan fingerprint density at radius 1 is 0.394 bits per heavy atom.